The van der Waals surface area contributed by atoms with E-state index in [1.165, 1.54) is 40.3 Å². The van der Waals surface area contributed by atoms with Gasteiger partial charge in [-0.05, 0) is 41.8 Å². The predicted octanol–water partition coefficient (Wildman–Crippen LogP) is 7.08. The number of hydrogen-bond acceptors (Lipinski definition) is 2. The summed E-state index contributed by atoms with van der Waals surface area (Å²) in [5.41, 5.74) is 0. The van der Waals surface area contributed by atoms with Gasteiger partial charge in [0.25, 0.3) is 0 Å². The van der Waals surface area contributed by atoms with Crippen LogP contribution in [0, 0.1) is 0 Å². The first kappa shape index (κ1) is 12.0. The topological polar surface area (TPSA) is 0 Å². The van der Waals surface area contributed by atoms with Crippen LogP contribution in [-0.4, -0.2) is 0 Å². The van der Waals surface area contributed by atoms with E-state index in [-0.39, 0.29) is 0 Å². The third kappa shape index (κ3) is 1.61. The van der Waals surface area contributed by atoms with Crippen LogP contribution in [0.4, 0.5) is 0 Å². The van der Waals surface area contributed by atoms with Crippen LogP contribution in [0.25, 0.3) is 40.3 Å². The Labute approximate surface area is 134 Å². The summed E-state index contributed by atoms with van der Waals surface area (Å²) in [6.07, 6.45) is 0. The quantitative estimate of drug-likeness (QED) is 0.285. The fourth-order valence-corrected chi connectivity index (χ4v) is 5.57. The van der Waals surface area contributed by atoms with Gasteiger partial charge < -0.3 is 0 Å². The Morgan fingerprint density at radius 2 is 1.29 bits per heavy atom. The Morgan fingerprint density at radius 3 is 2.10 bits per heavy atom. The molecule has 0 saturated heterocycles. The minimum Gasteiger partial charge on any atom is -0.135 e. The normalized spacial score (nSPS) is 12.0. The number of rotatable bonds is 0. The maximum atomic E-state index is 6.25. The highest BCUT2D eigenvalue weighted by molar-refractivity contribution is 7.29. The van der Waals surface area contributed by atoms with Gasteiger partial charge in [-0.3, -0.25) is 0 Å². The summed E-state index contributed by atoms with van der Waals surface area (Å²) < 4.78 is 5.33. The van der Waals surface area contributed by atoms with E-state index in [2.05, 4.69) is 48.5 Å². The fraction of sp³-hybridized carbons (Fsp3) is 0. The number of hydrogen-bond donors (Lipinski definition) is 0. The standard InChI is InChI=1S/C18H9ClS2/c19-10-7-8-13-12(9-10)11-3-1-4-14-17(11)18-15(20-13)5-2-6-16(18)21-14/h1-9H. The molecule has 0 saturated carbocycles. The van der Waals surface area contributed by atoms with Crippen molar-refractivity contribution < 1.29 is 0 Å². The second-order valence-electron chi connectivity index (χ2n) is 5.15. The Bertz CT molecular complexity index is 1150. The molecule has 0 aliphatic carbocycles. The lowest BCUT2D eigenvalue weighted by atomic mass is 10.1. The summed E-state index contributed by atoms with van der Waals surface area (Å²) >= 11 is 9.96. The Balaban J connectivity index is 2.28. The molecule has 21 heavy (non-hydrogen) atoms. The van der Waals surface area contributed by atoms with Crippen LogP contribution in [0.5, 0.6) is 0 Å². The van der Waals surface area contributed by atoms with Crippen molar-refractivity contribution in [3.8, 4) is 0 Å². The van der Waals surface area contributed by atoms with Gasteiger partial charge in [-0.15, -0.1) is 22.7 Å². The second kappa shape index (κ2) is 4.20. The van der Waals surface area contributed by atoms with Crippen LogP contribution < -0.4 is 0 Å². The summed E-state index contributed by atoms with van der Waals surface area (Å²) in [5.74, 6) is 0. The Morgan fingerprint density at radius 1 is 0.619 bits per heavy atom. The maximum Gasteiger partial charge on any atom is 0.0413 e. The lowest BCUT2D eigenvalue weighted by Crippen LogP contribution is -1.71. The molecule has 3 aromatic carbocycles. The summed E-state index contributed by atoms with van der Waals surface area (Å²) in [6.45, 7) is 0. The number of halogens is 1. The molecule has 0 atom stereocenters. The third-order valence-corrected chi connectivity index (χ3v) is 6.43. The average Bonchev–Trinajstić information content (AvgIpc) is 2.81. The van der Waals surface area contributed by atoms with Gasteiger partial charge in [0.1, 0.15) is 0 Å². The van der Waals surface area contributed by atoms with Crippen molar-refractivity contribution in [1.29, 1.82) is 0 Å². The predicted molar refractivity (Wildman–Crippen MR) is 97.2 cm³/mol. The molecule has 0 radical (unpaired) electrons. The summed E-state index contributed by atoms with van der Waals surface area (Å²) in [7, 11) is 0. The van der Waals surface area contributed by atoms with Crippen molar-refractivity contribution in [2.75, 3.05) is 0 Å². The first-order valence-corrected chi connectivity index (χ1v) is 8.74. The zero-order valence-electron chi connectivity index (χ0n) is 10.9. The van der Waals surface area contributed by atoms with Crippen LogP contribution in [0.2, 0.25) is 5.02 Å². The highest BCUT2D eigenvalue weighted by Gasteiger charge is 2.12. The minimum absolute atomic E-state index is 0.795. The van der Waals surface area contributed by atoms with E-state index in [1.54, 1.807) is 0 Å². The van der Waals surface area contributed by atoms with Gasteiger partial charge in [-0.25, -0.2) is 0 Å². The molecule has 2 heterocycles. The van der Waals surface area contributed by atoms with Crippen LogP contribution >= 0.6 is 34.3 Å². The molecule has 0 bridgehead atoms. The highest BCUT2D eigenvalue weighted by atomic mass is 35.5. The van der Waals surface area contributed by atoms with Crippen molar-refractivity contribution in [3.63, 3.8) is 0 Å². The molecule has 2 aromatic heterocycles. The minimum atomic E-state index is 0.795. The molecule has 0 aliphatic heterocycles. The van der Waals surface area contributed by atoms with Gasteiger partial charge in [0, 0.05) is 40.0 Å². The molecule has 0 unspecified atom stereocenters. The van der Waals surface area contributed by atoms with Crippen molar-refractivity contribution in [2.24, 2.45) is 0 Å². The number of fused-ring (bicyclic) bond motifs is 2. The van der Waals surface area contributed by atoms with Crippen molar-refractivity contribution >= 4 is 74.6 Å². The average molecular weight is 325 g/mol. The van der Waals surface area contributed by atoms with Gasteiger partial charge in [-0.1, -0.05) is 29.8 Å². The molecule has 0 spiro atoms. The van der Waals surface area contributed by atoms with E-state index < -0.39 is 0 Å². The van der Waals surface area contributed by atoms with Crippen LogP contribution in [0.3, 0.4) is 0 Å². The van der Waals surface area contributed by atoms with E-state index in [0.717, 1.165) is 5.02 Å². The monoisotopic (exact) mass is 324 g/mol. The molecular formula is C18H9ClS2. The summed E-state index contributed by atoms with van der Waals surface area (Å²) in [6, 6.07) is 19.4. The van der Waals surface area contributed by atoms with Crippen molar-refractivity contribution in [2.45, 2.75) is 0 Å². The largest absolute Gasteiger partial charge is 0.135 e. The first-order chi connectivity index (χ1) is 10.3. The molecule has 0 N–H and O–H groups in total. The lowest BCUT2D eigenvalue weighted by Gasteiger charge is -1.98. The van der Waals surface area contributed by atoms with Crippen molar-refractivity contribution in [3.05, 3.63) is 59.6 Å². The van der Waals surface area contributed by atoms with Crippen LogP contribution in [-0.2, 0) is 0 Å². The second-order valence-corrected chi connectivity index (χ2v) is 7.76. The molecule has 5 aromatic rings. The van der Waals surface area contributed by atoms with Gasteiger partial charge in [-0.2, -0.15) is 0 Å². The number of thiophene rings is 1. The fourth-order valence-electron chi connectivity index (χ4n) is 3.06. The first-order valence-electron chi connectivity index (χ1n) is 6.73. The molecule has 0 nitrogen and oxygen atoms in total. The zero-order valence-corrected chi connectivity index (χ0v) is 13.3. The SMILES string of the molecule is Clc1ccc2sc3cccc4sc5cccc(c2c1)c5c34. The highest BCUT2D eigenvalue weighted by Crippen LogP contribution is 2.44. The van der Waals surface area contributed by atoms with E-state index in [1.807, 2.05) is 28.7 Å². The lowest BCUT2D eigenvalue weighted by molar-refractivity contribution is 1.85. The molecule has 5 rings (SSSR count). The van der Waals surface area contributed by atoms with Gasteiger partial charge in [0.05, 0.1) is 0 Å². The third-order valence-electron chi connectivity index (χ3n) is 3.94. The van der Waals surface area contributed by atoms with Gasteiger partial charge in [0.15, 0.2) is 0 Å². The van der Waals surface area contributed by atoms with Crippen LogP contribution in [0.15, 0.2) is 54.6 Å². The molecule has 3 heteroatoms. The van der Waals surface area contributed by atoms with E-state index in [9.17, 15) is 0 Å². The summed E-state index contributed by atoms with van der Waals surface area (Å²) in [4.78, 5) is 0. The van der Waals surface area contributed by atoms with E-state index in [0.29, 0.717) is 0 Å². The van der Waals surface area contributed by atoms with Crippen LogP contribution in [0.1, 0.15) is 0 Å². The zero-order chi connectivity index (χ0) is 14.0. The van der Waals surface area contributed by atoms with Gasteiger partial charge >= 0.3 is 0 Å². The molecule has 0 aliphatic rings. The molecule has 100 valence electrons. The van der Waals surface area contributed by atoms with E-state index >= 15 is 0 Å². The Hall–Kier alpha value is -1.61. The molecular weight excluding hydrogens is 316 g/mol. The van der Waals surface area contributed by atoms with E-state index in [4.69, 9.17) is 11.6 Å². The number of benzene rings is 3. The molecule has 0 fully saturated rings. The Kier molecular flexibility index (Phi) is 2.40. The van der Waals surface area contributed by atoms with Gasteiger partial charge in [0.2, 0.25) is 0 Å². The van der Waals surface area contributed by atoms with Crippen molar-refractivity contribution in [1.82, 2.24) is 0 Å². The molecule has 0 amide bonds. The smallest absolute Gasteiger partial charge is 0.0413 e. The maximum absolute atomic E-state index is 6.25. The summed E-state index contributed by atoms with van der Waals surface area (Å²) in [5, 5.41) is 6.11.